The van der Waals surface area contributed by atoms with Gasteiger partial charge >= 0.3 is 0 Å². The van der Waals surface area contributed by atoms with Crippen LogP contribution in [0.3, 0.4) is 0 Å². The summed E-state index contributed by atoms with van der Waals surface area (Å²) in [6.07, 6.45) is 4.11. The second kappa shape index (κ2) is 11.8. The van der Waals surface area contributed by atoms with Crippen molar-refractivity contribution in [2.75, 3.05) is 12.5 Å². The van der Waals surface area contributed by atoms with Crippen molar-refractivity contribution in [1.82, 2.24) is 0 Å². The van der Waals surface area contributed by atoms with Crippen molar-refractivity contribution in [2.45, 2.75) is 13.8 Å². The zero-order valence-electron chi connectivity index (χ0n) is 19.6. The molecule has 0 bridgehead atoms. The predicted molar refractivity (Wildman–Crippen MR) is 163 cm³/mol. The van der Waals surface area contributed by atoms with Crippen molar-refractivity contribution in [1.29, 1.82) is 0 Å². The van der Waals surface area contributed by atoms with Gasteiger partial charge in [-0.1, -0.05) is 47.0 Å². The summed E-state index contributed by atoms with van der Waals surface area (Å²) in [4.78, 5) is 24.3. The van der Waals surface area contributed by atoms with Crippen LogP contribution in [0.15, 0.2) is 75.3 Å². The lowest BCUT2D eigenvalue weighted by molar-refractivity contribution is -0.385. The van der Waals surface area contributed by atoms with E-state index in [1.807, 2.05) is 0 Å². The molecular weight excluding hydrogens is 573 g/mol. The average molecular weight is 593 g/mol. The summed E-state index contributed by atoms with van der Waals surface area (Å²) < 4.78 is 4.60. The van der Waals surface area contributed by atoms with E-state index in [1.165, 1.54) is 42.6 Å². The minimum atomic E-state index is -0.399. The maximum Gasteiger partial charge on any atom is 0.269 e. The van der Waals surface area contributed by atoms with Crippen LogP contribution in [0.4, 0.5) is 11.4 Å². The van der Waals surface area contributed by atoms with Crippen molar-refractivity contribution in [3.8, 4) is 0 Å². The summed E-state index contributed by atoms with van der Waals surface area (Å²) in [5, 5.41) is 22.6. The fourth-order valence-corrected chi connectivity index (χ4v) is 11.0. The lowest BCUT2D eigenvalue weighted by Gasteiger charge is -2.19. The molecule has 4 rings (SSSR count). The van der Waals surface area contributed by atoms with E-state index in [-0.39, 0.29) is 11.4 Å². The van der Waals surface area contributed by atoms with Gasteiger partial charge in [0, 0.05) is 45.2 Å². The Morgan fingerprint density at radius 2 is 0.972 bits per heavy atom. The summed E-state index contributed by atoms with van der Waals surface area (Å²) in [5.74, 6) is 0. The number of nitrogens with zero attached hydrogens (tertiary/aromatic N) is 2. The van der Waals surface area contributed by atoms with Crippen LogP contribution in [0.1, 0.15) is 25.0 Å². The number of hydrogen-bond acceptors (Lipinski definition) is 10. The van der Waals surface area contributed by atoms with Crippen molar-refractivity contribution in [3.63, 3.8) is 0 Å². The number of thioether (sulfide) groups is 6. The van der Waals surface area contributed by atoms with Gasteiger partial charge in [0.15, 0.2) is 0 Å². The lowest BCUT2D eigenvalue weighted by Crippen LogP contribution is -1.97. The summed E-state index contributed by atoms with van der Waals surface area (Å²) in [6, 6.07) is 13.3. The fraction of sp³-hybridized carbons (Fsp3) is 0.167. The molecule has 0 N–H and O–H groups in total. The Labute approximate surface area is 234 Å². The molecule has 2 aliphatic heterocycles. The number of rotatable bonds is 7. The zero-order chi connectivity index (χ0) is 26.0. The van der Waals surface area contributed by atoms with E-state index in [1.54, 1.807) is 94.8 Å². The first-order chi connectivity index (χ1) is 17.2. The highest BCUT2D eigenvalue weighted by molar-refractivity contribution is 8.36. The minimum absolute atomic E-state index is 0.0327. The Morgan fingerprint density at radius 1 is 0.639 bits per heavy atom. The van der Waals surface area contributed by atoms with E-state index in [0.29, 0.717) is 0 Å². The minimum Gasteiger partial charge on any atom is -0.258 e. The molecular formula is C24H20N2O4S6. The first-order valence-corrected chi connectivity index (χ1v) is 16.1. The smallest absolute Gasteiger partial charge is 0.258 e. The number of nitro benzene ring substituents is 2. The highest BCUT2D eigenvalue weighted by atomic mass is 32.2. The third-order valence-corrected chi connectivity index (χ3v) is 13.1. The molecule has 12 heteroatoms. The van der Waals surface area contributed by atoms with E-state index in [9.17, 15) is 20.2 Å². The second-order valence-electron chi connectivity index (χ2n) is 7.44. The maximum atomic E-state index is 11.3. The van der Waals surface area contributed by atoms with Crippen molar-refractivity contribution < 1.29 is 9.85 Å². The summed E-state index contributed by atoms with van der Waals surface area (Å²) in [7, 11) is 0. The number of non-ortho nitro benzene ring substituents is 2. The molecule has 0 aliphatic carbocycles. The molecule has 2 aromatic rings. The van der Waals surface area contributed by atoms with E-state index < -0.39 is 9.85 Å². The van der Waals surface area contributed by atoms with Crippen molar-refractivity contribution >= 4 is 93.1 Å². The molecule has 2 aliphatic rings. The Morgan fingerprint density at radius 3 is 1.22 bits per heavy atom. The van der Waals surface area contributed by atoms with E-state index in [4.69, 9.17) is 0 Å². The summed E-state index contributed by atoms with van der Waals surface area (Å²) >= 11 is 10.2. The molecule has 0 aromatic heterocycles. The molecule has 186 valence electrons. The van der Waals surface area contributed by atoms with Gasteiger partial charge in [0.1, 0.15) is 0 Å². The lowest BCUT2D eigenvalue weighted by atomic mass is 9.94. The van der Waals surface area contributed by atoms with Gasteiger partial charge in [0.05, 0.1) is 26.8 Å². The molecule has 2 aromatic carbocycles. The standard InChI is InChI=1S/C24H20N2O4S6/c1-13-21(31-3)35-23(33-13)19(15-5-9-17(10-6-15)25(27)28)20(24-34-14(2)22(32-4)36-24)16-7-11-18(12-8-16)26(29)30/h5-12H,1-4H3/b23-19-,24-20+. The van der Waals surface area contributed by atoms with Crippen molar-refractivity contribution in [2.24, 2.45) is 0 Å². The number of allylic oxidation sites excluding steroid dienone is 4. The molecule has 0 spiro atoms. The van der Waals surface area contributed by atoms with Gasteiger partial charge in [-0.2, -0.15) is 0 Å². The predicted octanol–water partition coefficient (Wildman–Crippen LogP) is 9.60. The van der Waals surface area contributed by atoms with Crippen LogP contribution in [-0.2, 0) is 0 Å². The second-order valence-corrected chi connectivity index (χ2v) is 14.6. The molecule has 0 amide bonds. The van der Waals surface area contributed by atoms with Crippen LogP contribution < -0.4 is 0 Å². The Balaban J connectivity index is 1.96. The first-order valence-electron chi connectivity index (χ1n) is 10.4. The van der Waals surface area contributed by atoms with E-state index >= 15 is 0 Å². The number of nitro groups is 2. The molecule has 0 saturated heterocycles. The van der Waals surface area contributed by atoms with Gasteiger partial charge in [-0.3, -0.25) is 20.2 Å². The van der Waals surface area contributed by atoms with E-state index in [2.05, 4.69) is 26.4 Å². The Bertz CT molecular complexity index is 1260. The summed E-state index contributed by atoms with van der Waals surface area (Å²) in [5.41, 5.74) is 3.74. The Kier molecular flexibility index (Phi) is 8.95. The van der Waals surface area contributed by atoms with Crippen LogP contribution >= 0.6 is 70.6 Å². The highest BCUT2D eigenvalue weighted by Gasteiger charge is 2.30. The average Bonchev–Trinajstić information content (AvgIpc) is 3.43. The Hall–Kier alpha value is -1.70. The van der Waals surface area contributed by atoms with Gasteiger partial charge in [-0.15, -0.1) is 23.5 Å². The molecule has 6 nitrogen and oxygen atoms in total. The maximum absolute atomic E-state index is 11.3. The van der Waals surface area contributed by atoms with Gasteiger partial charge in [0.2, 0.25) is 0 Å². The van der Waals surface area contributed by atoms with Gasteiger partial charge in [-0.05, 0) is 61.8 Å². The zero-order valence-corrected chi connectivity index (χ0v) is 24.5. The molecule has 0 atom stereocenters. The van der Waals surface area contributed by atoms with Crippen LogP contribution in [0.2, 0.25) is 0 Å². The van der Waals surface area contributed by atoms with Crippen LogP contribution in [0.25, 0.3) is 11.1 Å². The molecule has 36 heavy (non-hydrogen) atoms. The van der Waals surface area contributed by atoms with Crippen LogP contribution in [0.5, 0.6) is 0 Å². The SMILES string of the molecule is CSC1=C(C)S/C(=C(/C(=C2\SC(C)=C(SC)S2)c2ccc([N+](=O)[O-])cc2)c2ccc([N+](=O)[O-])cc2)S1. The highest BCUT2D eigenvalue weighted by Crippen LogP contribution is 2.61. The molecule has 2 heterocycles. The van der Waals surface area contributed by atoms with Gasteiger partial charge in [-0.25, -0.2) is 0 Å². The van der Waals surface area contributed by atoms with Crippen LogP contribution in [0, 0.1) is 20.2 Å². The number of hydrogen-bond donors (Lipinski definition) is 0. The van der Waals surface area contributed by atoms with Crippen LogP contribution in [-0.4, -0.2) is 22.4 Å². The quantitative estimate of drug-likeness (QED) is 0.229. The number of benzene rings is 2. The monoisotopic (exact) mass is 592 g/mol. The molecule has 0 fully saturated rings. The first kappa shape index (κ1) is 27.3. The largest absolute Gasteiger partial charge is 0.269 e. The van der Waals surface area contributed by atoms with E-state index in [0.717, 1.165) is 30.7 Å². The fourth-order valence-electron chi connectivity index (χ4n) is 3.52. The topological polar surface area (TPSA) is 86.3 Å². The molecule has 0 radical (unpaired) electrons. The third-order valence-electron chi connectivity index (χ3n) is 5.20. The van der Waals surface area contributed by atoms with Gasteiger partial charge < -0.3 is 0 Å². The molecule has 0 unspecified atom stereocenters. The third kappa shape index (κ3) is 5.73. The van der Waals surface area contributed by atoms with Crippen molar-refractivity contribution in [3.05, 3.63) is 107 Å². The van der Waals surface area contributed by atoms with Gasteiger partial charge in [0.25, 0.3) is 11.4 Å². The summed E-state index contributed by atoms with van der Waals surface area (Å²) in [6.45, 7) is 4.19. The normalized spacial score (nSPS) is 18.7. The molecule has 0 saturated carbocycles.